The first-order chi connectivity index (χ1) is 9.99. The number of hydrogen-bond acceptors (Lipinski definition) is 1. The molecule has 21 heavy (non-hydrogen) atoms. The van der Waals surface area contributed by atoms with Gasteiger partial charge in [0.1, 0.15) is 0 Å². The van der Waals surface area contributed by atoms with Gasteiger partial charge in [-0.1, -0.05) is 65.6 Å². The minimum atomic E-state index is 0.255. The van der Waals surface area contributed by atoms with Gasteiger partial charge in [0, 0.05) is 15.5 Å². The van der Waals surface area contributed by atoms with Crippen LogP contribution in [0.2, 0.25) is 5.02 Å². The third-order valence-electron chi connectivity index (χ3n) is 3.72. The minimum Gasteiger partial charge on any atom is -0.313 e. The van der Waals surface area contributed by atoms with E-state index < -0.39 is 0 Å². The average molecular weight is 367 g/mol. The van der Waals surface area contributed by atoms with Gasteiger partial charge in [-0.2, -0.15) is 0 Å². The Morgan fingerprint density at radius 2 is 1.71 bits per heavy atom. The number of halogens is 2. The second-order valence-electron chi connectivity index (χ2n) is 5.64. The van der Waals surface area contributed by atoms with E-state index in [-0.39, 0.29) is 6.04 Å². The minimum absolute atomic E-state index is 0.255. The Kier molecular flexibility index (Phi) is 5.86. The summed E-state index contributed by atoms with van der Waals surface area (Å²) in [5.41, 5.74) is 3.91. The van der Waals surface area contributed by atoms with E-state index in [0.29, 0.717) is 5.92 Å². The Bertz CT molecular complexity index is 572. The zero-order valence-electron chi connectivity index (χ0n) is 12.7. The van der Waals surface area contributed by atoms with E-state index in [9.17, 15) is 0 Å². The standard InChI is InChI=1S/C18H21BrClN/c1-12(2)14-6-4-13(5-7-14)8-18(21-3)15-9-16(19)11-17(20)10-15/h4-7,9-12,18,21H,8H2,1-3H3. The molecule has 0 fully saturated rings. The highest BCUT2D eigenvalue weighted by Gasteiger charge is 2.12. The summed E-state index contributed by atoms with van der Waals surface area (Å²) in [6.07, 6.45) is 0.946. The van der Waals surface area contributed by atoms with Gasteiger partial charge in [-0.25, -0.2) is 0 Å². The fraction of sp³-hybridized carbons (Fsp3) is 0.333. The second-order valence-corrected chi connectivity index (χ2v) is 7.00. The van der Waals surface area contributed by atoms with Crippen molar-refractivity contribution in [1.29, 1.82) is 0 Å². The smallest absolute Gasteiger partial charge is 0.0420 e. The summed E-state index contributed by atoms with van der Waals surface area (Å²) in [5.74, 6) is 0.572. The fourth-order valence-electron chi connectivity index (χ4n) is 2.44. The van der Waals surface area contributed by atoms with Gasteiger partial charge in [0.05, 0.1) is 0 Å². The van der Waals surface area contributed by atoms with Gasteiger partial charge in [-0.3, -0.25) is 0 Å². The largest absolute Gasteiger partial charge is 0.313 e. The summed E-state index contributed by atoms with van der Waals surface area (Å²) in [6.45, 7) is 4.43. The van der Waals surface area contributed by atoms with Crippen LogP contribution in [-0.4, -0.2) is 7.05 Å². The lowest BCUT2D eigenvalue weighted by Crippen LogP contribution is -2.18. The number of benzene rings is 2. The molecule has 0 amide bonds. The van der Waals surface area contributed by atoms with Crippen molar-refractivity contribution in [2.75, 3.05) is 7.05 Å². The third kappa shape index (κ3) is 4.57. The first-order valence-electron chi connectivity index (χ1n) is 7.21. The van der Waals surface area contributed by atoms with E-state index in [1.165, 1.54) is 16.7 Å². The van der Waals surface area contributed by atoms with Crippen molar-refractivity contribution in [3.05, 3.63) is 68.7 Å². The monoisotopic (exact) mass is 365 g/mol. The molecule has 1 nitrogen and oxygen atoms in total. The van der Waals surface area contributed by atoms with E-state index in [4.69, 9.17) is 11.6 Å². The molecule has 0 aliphatic rings. The molecule has 2 aromatic rings. The predicted molar refractivity (Wildman–Crippen MR) is 95.2 cm³/mol. The van der Waals surface area contributed by atoms with Crippen LogP contribution in [0.25, 0.3) is 0 Å². The average Bonchev–Trinajstić information content (AvgIpc) is 2.44. The lowest BCUT2D eigenvalue weighted by Gasteiger charge is -2.18. The van der Waals surface area contributed by atoms with Gasteiger partial charge in [-0.05, 0) is 54.3 Å². The van der Waals surface area contributed by atoms with E-state index in [1.807, 2.05) is 19.2 Å². The Hall–Kier alpha value is -0.830. The number of hydrogen-bond donors (Lipinski definition) is 1. The van der Waals surface area contributed by atoms with Crippen LogP contribution in [0.3, 0.4) is 0 Å². The summed E-state index contributed by atoms with van der Waals surface area (Å²) >= 11 is 9.66. The molecule has 0 aliphatic heterocycles. The summed E-state index contributed by atoms with van der Waals surface area (Å²) in [7, 11) is 1.99. The van der Waals surface area contributed by atoms with Crippen LogP contribution in [0.1, 0.15) is 42.5 Å². The molecule has 0 heterocycles. The van der Waals surface area contributed by atoms with Crippen LogP contribution in [0.5, 0.6) is 0 Å². The normalized spacial score (nSPS) is 12.7. The predicted octanol–water partition coefficient (Wildman–Crippen LogP) is 5.73. The van der Waals surface area contributed by atoms with Crippen molar-refractivity contribution in [2.45, 2.75) is 32.2 Å². The molecule has 2 aromatic carbocycles. The maximum atomic E-state index is 6.15. The number of likely N-dealkylation sites (N-methyl/N-ethyl adjacent to an activating group) is 1. The lowest BCUT2D eigenvalue weighted by atomic mass is 9.96. The van der Waals surface area contributed by atoms with E-state index >= 15 is 0 Å². The van der Waals surface area contributed by atoms with Gasteiger partial charge < -0.3 is 5.32 Å². The molecule has 112 valence electrons. The Morgan fingerprint density at radius 1 is 1.05 bits per heavy atom. The van der Waals surface area contributed by atoms with Gasteiger partial charge in [0.2, 0.25) is 0 Å². The summed E-state index contributed by atoms with van der Waals surface area (Å²) < 4.78 is 1.01. The first-order valence-corrected chi connectivity index (χ1v) is 8.38. The Morgan fingerprint density at radius 3 is 2.24 bits per heavy atom. The summed E-state index contributed by atoms with van der Waals surface area (Å²) in [4.78, 5) is 0. The maximum absolute atomic E-state index is 6.15. The zero-order chi connectivity index (χ0) is 15.4. The van der Waals surface area contributed by atoms with Crippen molar-refractivity contribution < 1.29 is 0 Å². The lowest BCUT2D eigenvalue weighted by molar-refractivity contribution is 0.591. The molecule has 0 aliphatic carbocycles. The van der Waals surface area contributed by atoms with E-state index in [2.05, 4.69) is 65.4 Å². The second kappa shape index (κ2) is 7.44. The Balaban J connectivity index is 2.18. The molecule has 3 heteroatoms. The molecule has 1 unspecified atom stereocenters. The molecular weight excluding hydrogens is 346 g/mol. The van der Waals surface area contributed by atoms with Crippen LogP contribution in [0.15, 0.2) is 46.9 Å². The maximum Gasteiger partial charge on any atom is 0.0420 e. The third-order valence-corrected chi connectivity index (χ3v) is 4.40. The topological polar surface area (TPSA) is 12.0 Å². The molecule has 0 bridgehead atoms. The fourth-order valence-corrected chi connectivity index (χ4v) is 3.32. The molecule has 0 saturated heterocycles. The van der Waals surface area contributed by atoms with Crippen molar-refractivity contribution in [1.82, 2.24) is 5.32 Å². The molecule has 0 spiro atoms. The van der Waals surface area contributed by atoms with E-state index in [1.54, 1.807) is 0 Å². The van der Waals surface area contributed by atoms with Crippen molar-refractivity contribution in [2.24, 2.45) is 0 Å². The number of rotatable bonds is 5. The van der Waals surface area contributed by atoms with Gasteiger partial charge in [0.25, 0.3) is 0 Å². The highest BCUT2D eigenvalue weighted by molar-refractivity contribution is 9.10. The van der Waals surface area contributed by atoms with Crippen LogP contribution >= 0.6 is 27.5 Å². The molecule has 2 rings (SSSR count). The summed E-state index contributed by atoms with van der Waals surface area (Å²) in [5, 5.41) is 4.14. The van der Waals surface area contributed by atoms with Crippen molar-refractivity contribution in [3.8, 4) is 0 Å². The molecule has 0 aromatic heterocycles. The van der Waals surface area contributed by atoms with E-state index in [0.717, 1.165) is 15.9 Å². The molecule has 1 N–H and O–H groups in total. The van der Waals surface area contributed by atoms with Crippen LogP contribution in [-0.2, 0) is 6.42 Å². The van der Waals surface area contributed by atoms with Gasteiger partial charge in [-0.15, -0.1) is 0 Å². The van der Waals surface area contributed by atoms with Gasteiger partial charge in [0.15, 0.2) is 0 Å². The van der Waals surface area contributed by atoms with Crippen molar-refractivity contribution >= 4 is 27.5 Å². The summed E-state index contributed by atoms with van der Waals surface area (Å²) in [6, 6.07) is 15.2. The van der Waals surface area contributed by atoms with Crippen LogP contribution in [0, 0.1) is 0 Å². The SMILES string of the molecule is CNC(Cc1ccc(C(C)C)cc1)c1cc(Cl)cc(Br)c1. The zero-order valence-corrected chi connectivity index (χ0v) is 15.0. The molecular formula is C18H21BrClN. The Labute approximate surface area is 140 Å². The molecule has 0 radical (unpaired) electrons. The molecule has 0 saturated carbocycles. The highest BCUT2D eigenvalue weighted by atomic mass is 79.9. The van der Waals surface area contributed by atoms with Gasteiger partial charge >= 0.3 is 0 Å². The number of nitrogens with one attached hydrogen (secondary N) is 1. The highest BCUT2D eigenvalue weighted by Crippen LogP contribution is 2.26. The van der Waals surface area contributed by atoms with Crippen LogP contribution in [0.4, 0.5) is 0 Å². The quantitative estimate of drug-likeness (QED) is 0.712. The first kappa shape index (κ1) is 16.5. The van der Waals surface area contributed by atoms with Crippen molar-refractivity contribution in [3.63, 3.8) is 0 Å². The molecule has 1 atom stereocenters. The van der Waals surface area contributed by atoms with Crippen LogP contribution < -0.4 is 5.32 Å².